The molecule has 0 aliphatic carbocycles. The molecule has 1 unspecified atom stereocenters. The summed E-state index contributed by atoms with van der Waals surface area (Å²) in [5.41, 5.74) is 1.67. The average Bonchev–Trinajstić information content (AvgIpc) is 2.65. The predicted octanol–water partition coefficient (Wildman–Crippen LogP) is 2.52. The highest BCUT2D eigenvalue weighted by molar-refractivity contribution is 5.94. The van der Waals surface area contributed by atoms with Crippen LogP contribution >= 0.6 is 0 Å². The van der Waals surface area contributed by atoms with Gasteiger partial charge in [-0.05, 0) is 64.8 Å². The van der Waals surface area contributed by atoms with Crippen LogP contribution in [-0.2, 0) is 11.2 Å². The predicted molar refractivity (Wildman–Crippen MR) is 89.2 cm³/mol. The van der Waals surface area contributed by atoms with Crippen LogP contribution in [0.4, 0.5) is 0 Å². The van der Waals surface area contributed by atoms with E-state index in [1.807, 2.05) is 18.2 Å². The zero-order valence-electron chi connectivity index (χ0n) is 14.3. The molecule has 4 nitrogen and oxygen atoms in total. The van der Waals surface area contributed by atoms with Gasteiger partial charge in [-0.25, -0.2) is 0 Å². The number of benzene rings is 1. The fourth-order valence-corrected chi connectivity index (χ4v) is 3.28. The van der Waals surface area contributed by atoms with Gasteiger partial charge in [0, 0.05) is 18.7 Å². The van der Waals surface area contributed by atoms with Gasteiger partial charge in [0.1, 0.15) is 0 Å². The first-order valence-electron chi connectivity index (χ1n) is 7.98. The summed E-state index contributed by atoms with van der Waals surface area (Å²) in [4.78, 5) is 11.7. The van der Waals surface area contributed by atoms with Crippen LogP contribution in [0.25, 0.3) is 0 Å². The van der Waals surface area contributed by atoms with Gasteiger partial charge in [0.2, 0.25) is 0 Å². The molecular weight excluding hydrogens is 276 g/mol. The first-order valence-corrected chi connectivity index (χ1v) is 7.98. The molecule has 1 amide bonds. The van der Waals surface area contributed by atoms with E-state index in [0.29, 0.717) is 11.6 Å². The average molecular weight is 304 g/mol. The van der Waals surface area contributed by atoms with Crippen LogP contribution in [0.3, 0.4) is 0 Å². The Hall–Kier alpha value is -1.39. The van der Waals surface area contributed by atoms with Crippen LogP contribution in [0.1, 0.15) is 50.0 Å². The second-order valence-corrected chi connectivity index (χ2v) is 7.21. The Morgan fingerprint density at radius 2 is 2.05 bits per heavy atom. The number of nitrogens with one attached hydrogen (secondary N) is 2. The van der Waals surface area contributed by atoms with E-state index in [9.17, 15) is 4.79 Å². The molecular formula is C18H28N2O2. The van der Waals surface area contributed by atoms with E-state index in [2.05, 4.69) is 44.4 Å². The van der Waals surface area contributed by atoms with Crippen molar-refractivity contribution < 1.29 is 9.53 Å². The molecule has 122 valence electrons. The van der Waals surface area contributed by atoms with Crippen LogP contribution in [-0.4, -0.2) is 36.7 Å². The van der Waals surface area contributed by atoms with Gasteiger partial charge in [-0.3, -0.25) is 4.79 Å². The third-order valence-electron chi connectivity index (χ3n) is 4.29. The molecule has 22 heavy (non-hydrogen) atoms. The molecule has 0 saturated carbocycles. The zero-order chi connectivity index (χ0) is 16.4. The summed E-state index contributed by atoms with van der Waals surface area (Å²) in [7, 11) is 1.65. The number of amides is 1. The molecule has 1 aliphatic heterocycles. The van der Waals surface area contributed by atoms with Crippen molar-refractivity contribution >= 4 is 5.91 Å². The number of rotatable bonds is 5. The van der Waals surface area contributed by atoms with Crippen molar-refractivity contribution in [3.63, 3.8) is 0 Å². The monoisotopic (exact) mass is 304 g/mol. The van der Waals surface area contributed by atoms with Gasteiger partial charge in [-0.1, -0.05) is 12.1 Å². The van der Waals surface area contributed by atoms with Gasteiger partial charge in [0.05, 0.1) is 11.2 Å². The van der Waals surface area contributed by atoms with E-state index >= 15 is 0 Å². The summed E-state index contributed by atoms with van der Waals surface area (Å²) in [5.74, 6) is -0.0399. The normalized spacial score (nSPS) is 22.5. The first-order chi connectivity index (χ1) is 10.2. The molecule has 1 aromatic rings. The van der Waals surface area contributed by atoms with Crippen molar-refractivity contribution in [2.45, 2.75) is 57.8 Å². The standard InChI is InChI=1S/C18H28N2O2/c1-17(2)12-15(18(3,4)22-17)20-10-9-13-7-6-8-14(11-13)16(21)19-5/h6-8,11,15,20H,9-10,12H2,1-5H3,(H,19,21). The van der Waals surface area contributed by atoms with E-state index < -0.39 is 0 Å². The van der Waals surface area contributed by atoms with Gasteiger partial charge < -0.3 is 15.4 Å². The first kappa shape index (κ1) is 17.0. The number of hydrogen-bond acceptors (Lipinski definition) is 3. The smallest absolute Gasteiger partial charge is 0.251 e. The highest BCUT2D eigenvalue weighted by atomic mass is 16.5. The fraction of sp³-hybridized carbons (Fsp3) is 0.611. The SMILES string of the molecule is CNC(=O)c1cccc(CCNC2CC(C)(C)OC2(C)C)c1. The quantitative estimate of drug-likeness (QED) is 0.879. The maximum absolute atomic E-state index is 11.7. The lowest BCUT2D eigenvalue weighted by molar-refractivity contribution is -0.0697. The lowest BCUT2D eigenvalue weighted by atomic mass is 9.94. The minimum absolute atomic E-state index is 0.0399. The molecule has 1 fully saturated rings. The molecule has 0 aromatic heterocycles. The zero-order valence-corrected chi connectivity index (χ0v) is 14.3. The number of ether oxygens (including phenoxy) is 1. The van der Waals surface area contributed by atoms with Gasteiger partial charge in [-0.15, -0.1) is 0 Å². The highest BCUT2D eigenvalue weighted by Crippen LogP contribution is 2.37. The Bertz CT molecular complexity index is 538. The van der Waals surface area contributed by atoms with Gasteiger partial charge in [0.15, 0.2) is 0 Å². The number of carbonyl (C=O) groups is 1. The van der Waals surface area contributed by atoms with Crippen molar-refractivity contribution in [3.8, 4) is 0 Å². The van der Waals surface area contributed by atoms with E-state index in [1.54, 1.807) is 7.05 Å². The molecule has 1 atom stereocenters. The lowest BCUT2D eigenvalue weighted by Gasteiger charge is -2.28. The van der Waals surface area contributed by atoms with Crippen LogP contribution < -0.4 is 10.6 Å². The number of carbonyl (C=O) groups excluding carboxylic acids is 1. The highest BCUT2D eigenvalue weighted by Gasteiger charge is 2.45. The fourth-order valence-electron chi connectivity index (χ4n) is 3.28. The van der Waals surface area contributed by atoms with Crippen LogP contribution in [0.15, 0.2) is 24.3 Å². The molecule has 2 rings (SSSR count). The van der Waals surface area contributed by atoms with Crippen LogP contribution in [0.2, 0.25) is 0 Å². The van der Waals surface area contributed by atoms with Crippen molar-refractivity contribution in [1.82, 2.24) is 10.6 Å². The third kappa shape index (κ3) is 4.08. The Morgan fingerprint density at radius 1 is 1.32 bits per heavy atom. The third-order valence-corrected chi connectivity index (χ3v) is 4.29. The lowest BCUT2D eigenvalue weighted by Crippen LogP contribution is -2.44. The topological polar surface area (TPSA) is 50.4 Å². The van der Waals surface area contributed by atoms with Crippen molar-refractivity contribution in [2.75, 3.05) is 13.6 Å². The van der Waals surface area contributed by atoms with E-state index in [-0.39, 0.29) is 17.1 Å². The summed E-state index contributed by atoms with van der Waals surface area (Å²) >= 11 is 0. The molecule has 1 aromatic carbocycles. The van der Waals surface area contributed by atoms with E-state index in [4.69, 9.17) is 4.74 Å². The van der Waals surface area contributed by atoms with Crippen LogP contribution in [0, 0.1) is 0 Å². The Labute approximate surface area is 133 Å². The molecule has 1 saturated heterocycles. The van der Waals surface area contributed by atoms with Crippen LogP contribution in [0.5, 0.6) is 0 Å². The molecule has 1 heterocycles. The maximum atomic E-state index is 11.7. The van der Waals surface area contributed by atoms with Gasteiger partial charge in [0.25, 0.3) is 5.91 Å². The van der Waals surface area contributed by atoms with Gasteiger partial charge >= 0.3 is 0 Å². The Kier molecular flexibility index (Phi) is 4.93. The maximum Gasteiger partial charge on any atom is 0.251 e. The summed E-state index contributed by atoms with van der Waals surface area (Å²) in [6, 6.07) is 8.15. The van der Waals surface area contributed by atoms with Gasteiger partial charge in [-0.2, -0.15) is 0 Å². The molecule has 0 spiro atoms. The molecule has 1 aliphatic rings. The van der Waals surface area contributed by atoms with Crippen molar-refractivity contribution in [3.05, 3.63) is 35.4 Å². The van der Waals surface area contributed by atoms with E-state index in [1.165, 1.54) is 5.56 Å². The second-order valence-electron chi connectivity index (χ2n) is 7.21. The molecule has 0 radical (unpaired) electrons. The summed E-state index contributed by atoms with van der Waals surface area (Å²) in [5, 5.41) is 6.27. The number of hydrogen-bond donors (Lipinski definition) is 2. The van der Waals surface area contributed by atoms with Crippen molar-refractivity contribution in [1.29, 1.82) is 0 Å². The Balaban J connectivity index is 1.90. The molecule has 2 N–H and O–H groups in total. The largest absolute Gasteiger partial charge is 0.368 e. The summed E-state index contributed by atoms with van der Waals surface area (Å²) in [6.07, 6.45) is 1.91. The Morgan fingerprint density at radius 3 is 2.64 bits per heavy atom. The van der Waals surface area contributed by atoms with Crippen molar-refractivity contribution in [2.24, 2.45) is 0 Å². The summed E-state index contributed by atoms with van der Waals surface area (Å²) < 4.78 is 6.10. The summed E-state index contributed by atoms with van der Waals surface area (Å²) in [6.45, 7) is 9.45. The minimum Gasteiger partial charge on any atom is -0.368 e. The molecule has 4 heteroatoms. The second kappa shape index (κ2) is 6.39. The van der Waals surface area contributed by atoms with E-state index in [0.717, 1.165) is 19.4 Å². The minimum atomic E-state index is -0.145. The molecule has 0 bridgehead atoms.